The average molecular weight is 288 g/mol. The molecule has 7 heteroatoms. The van der Waals surface area contributed by atoms with Crippen molar-refractivity contribution in [1.82, 2.24) is 0 Å². The lowest BCUT2D eigenvalue weighted by molar-refractivity contribution is -0.165. The van der Waals surface area contributed by atoms with Gasteiger partial charge in [-0.25, -0.2) is 4.79 Å². The van der Waals surface area contributed by atoms with Gasteiger partial charge >= 0.3 is 6.16 Å². The second-order valence-electron chi connectivity index (χ2n) is 6.15. The predicted octanol–water partition coefficient (Wildman–Crippen LogP) is 1.19. The fraction of sp³-hybridized carbons (Fsp3) is 0.923. The van der Waals surface area contributed by atoms with Crippen LogP contribution in [0.2, 0.25) is 0 Å². The van der Waals surface area contributed by atoms with E-state index in [0.717, 1.165) is 0 Å². The molecule has 0 N–H and O–H groups in total. The molecule has 114 valence electrons. The van der Waals surface area contributed by atoms with E-state index in [1.165, 1.54) is 0 Å². The summed E-state index contributed by atoms with van der Waals surface area (Å²) in [6.07, 6.45) is -2.54. The summed E-state index contributed by atoms with van der Waals surface area (Å²) in [5.41, 5.74) is 0. The summed E-state index contributed by atoms with van der Waals surface area (Å²) in [7, 11) is 0. The lowest BCUT2D eigenvalue weighted by Crippen LogP contribution is -2.45. The third-order valence-electron chi connectivity index (χ3n) is 3.58. The van der Waals surface area contributed by atoms with Gasteiger partial charge in [0, 0.05) is 0 Å². The molecule has 0 aliphatic carbocycles. The minimum absolute atomic E-state index is 0.349. The maximum absolute atomic E-state index is 11.5. The molecule has 3 saturated heterocycles. The highest BCUT2D eigenvalue weighted by atomic mass is 16.8. The van der Waals surface area contributed by atoms with Crippen LogP contribution in [0.15, 0.2) is 0 Å². The molecule has 3 fully saturated rings. The predicted molar refractivity (Wildman–Crippen MR) is 65.0 cm³/mol. The van der Waals surface area contributed by atoms with Crippen LogP contribution in [0.3, 0.4) is 0 Å². The van der Waals surface area contributed by atoms with Crippen LogP contribution in [-0.4, -0.2) is 55.4 Å². The Labute approximate surface area is 117 Å². The van der Waals surface area contributed by atoms with Gasteiger partial charge in [-0.3, -0.25) is 0 Å². The number of cyclic esters (lactones) is 2. The van der Waals surface area contributed by atoms with Crippen molar-refractivity contribution < 1.29 is 33.2 Å². The normalized spacial score (nSPS) is 42.5. The molecule has 7 nitrogen and oxygen atoms in total. The first kappa shape index (κ1) is 14.1. The molecule has 0 amide bonds. The summed E-state index contributed by atoms with van der Waals surface area (Å²) < 4.78 is 33.0. The zero-order chi connectivity index (χ0) is 14.5. The molecule has 0 aromatic heterocycles. The van der Waals surface area contributed by atoms with Gasteiger partial charge in [-0.05, 0) is 27.7 Å². The number of hydrogen-bond donors (Lipinski definition) is 0. The van der Waals surface area contributed by atoms with Gasteiger partial charge in [0.2, 0.25) is 0 Å². The molecule has 0 bridgehead atoms. The highest BCUT2D eigenvalue weighted by Crippen LogP contribution is 2.35. The molecule has 0 saturated carbocycles. The van der Waals surface area contributed by atoms with Crippen molar-refractivity contribution in [2.75, 3.05) is 13.2 Å². The average Bonchev–Trinajstić information content (AvgIpc) is 2.96. The molecule has 0 spiro atoms. The van der Waals surface area contributed by atoms with Crippen molar-refractivity contribution in [3.63, 3.8) is 0 Å². The Hall–Kier alpha value is -0.890. The third kappa shape index (κ3) is 2.63. The van der Waals surface area contributed by atoms with Crippen molar-refractivity contribution in [1.29, 1.82) is 0 Å². The summed E-state index contributed by atoms with van der Waals surface area (Å²) in [6, 6.07) is 0. The summed E-state index contributed by atoms with van der Waals surface area (Å²) in [5, 5.41) is 0. The molecular weight excluding hydrogens is 268 g/mol. The van der Waals surface area contributed by atoms with Crippen LogP contribution in [0, 0.1) is 0 Å². The molecule has 3 aliphatic heterocycles. The molecule has 0 aromatic rings. The molecule has 3 heterocycles. The van der Waals surface area contributed by atoms with E-state index < -0.39 is 29.9 Å². The van der Waals surface area contributed by atoms with Crippen molar-refractivity contribution in [3.8, 4) is 0 Å². The zero-order valence-corrected chi connectivity index (χ0v) is 12.1. The lowest BCUT2D eigenvalue weighted by Gasteiger charge is -2.25. The van der Waals surface area contributed by atoms with E-state index in [0.29, 0.717) is 13.2 Å². The second-order valence-corrected chi connectivity index (χ2v) is 6.15. The number of carbonyl (C=O) groups is 1. The van der Waals surface area contributed by atoms with E-state index in [4.69, 9.17) is 28.4 Å². The Kier molecular flexibility index (Phi) is 3.20. The molecule has 0 aromatic carbocycles. The van der Waals surface area contributed by atoms with Gasteiger partial charge in [-0.1, -0.05) is 0 Å². The first-order chi connectivity index (χ1) is 9.26. The van der Waals surface area contributed by atoms with Crippen LogP contribution in [0.1, 0.15) is 27.7 Å². The zero-order valence-electron chi connectivity index (χ0n) is 12.1. The maximum Gasteiger partial charge on any atom is 0.509 e. The summed E-state index contributed by atoms with van der Waals surface area (Å²) >= 11 is 0. The minimum Gasteiger partial charge on any atom is -0.424 e. The SMILES string of the molecule is CC1(C)OC[C@H]([C@H]2OC(=O)O[C@@H]2[C@H]2COC(C)(C)O2)O1. The number of carbonyl (C=O) groups excluding carboxylic acids is 1. The monoisotopic (exact) mass is 288 g/mol. The van der Waals surface area contributed by atoms with Gasteiger partial charge in [0.05, 0.1) is 13.2 Å². The third-order valence-corrected chi connectivity index (χ3v) is 3.58. The molecule has 0 radical (unpaired) electrons. The Balaban J connectivity index is 1.71. The molecule has 20 heavy (non-hydrogen) atoms. The molecular formula is C13H20O7. The topological polar surface area (TPSA) is 72.5 Å². The lowest BCUT2D eigenvalue weighted by atomic mass is 10.0. The minimum atomic E-state index is -0.707. The van der Waals surface area contributed by atoms with Crippen LogP contribution in [0.5, 0.6) is 0 Å². The van der Waals surface area contributed by atoms with Crippen molar-refractivity contribution >= 4 is 6.16 Å². The maximum atomic E-state index is 11.5. The molecule has 0 unspecified atom stereocenters. The van der Waals surface area contributed by atoms with E-state index in [1.807, 2.05) is 27.7 Å². The standard InChI is InChI=1S/C13H20O7/c1-12(2)15-5-7(19-12)9-10(18-11(14)17-9)8-6-16-13(3,4)20-8/h7-10H,5-6H2,1-4H3/t7-,8-,9-,10-/m1/s1. The number of ether oxygens (including phenoxy) is 6. The molecule has 4 atom stereocenters. The van der Waals surface area contributed by atoms with E-state index in [-0.39, 0.29) is 12.2 Å². The van der Waals surface area contributed by atoms with E-state index in [9.17, 15) is 4.79 Å². The summed E-state index contributed by atoms with van der Waals surface area (Å²) in [4.78, 5) is 11.5. The smallest absolute Gasteiger partial charge is 0.424 e. The van der Waals surface area contributed by atoms with Gasteiger partial charge in [0.25, 0.3) is 0 Å². The van der Waals surface area contributed by atoms with Gasteiger partial charge in [0.15, 0.2) is 23.8 Å². The van der Waals surface area contributed by atoms with Crippen LogP contribution in [0.4, 0.5) is 4.79 Å². The quantitative estimate of drug-likeness (QED) is 0.707. The molecule has 3 aliphatic rings. The van der Waals surface area contributed by atoms with Crippen LogP contribution < -0.4 is 0 Å². The van der Waals surface area contributed by atoms with Gasteiger partial charge in [-0.2, -0.15) is 0 Å². The fourth-order valence-corrected chi connectivity index (χ4v) is 2.71. The largest absolute Gasteiger partial charge is 0.509 e. The van der Waals surface area contributed by atoms with Crippen LogP contribution in [0.25, 0.3) is 0 Å². The van der Waals surface area contributed by atoms with Gasteiger partial charge < -0.3 is 28.4 Å². The van der Waals surface area contributed by atoms with Crippen molar-refractivity contribution in [3.05, 3.63) is 0 Å². The first-order valence-corrected chi connectivity index (χ1v) is 6.77. The van der Waals surface area contributed by atoms with E-state index in [1.54, 1.807) is 0 Å². The summed E-state index contributed by atoms with van der Waals surface area (Å²) in [6.45, 7) is 7.97. The highest BCUT2D eigenvalue weighted by Gasteiger charge is 2.53. The summed E-state index contributed by atoms with van der Waals surface area (Å²) in [5.74, 6) is -1.37. The van der Waals surface area contributed by atoms with Crippen LogP contribution in [-0.2, 0) is 28.4 Å². The number of hydrogen-bond acceptors (Lipinski definition) is 7. The van der Waals surface area contributed by atoms with Crippen molar-refractivity contribution in [2.45, 2.75) is 63.7 Å². The van der Waals surface area contributed by atoms with E-state index in [2.05, 4.69) is 0 Å². The Morgan fingerprint density at radius 3 is 1.55 bits per heavy atom. The first-order valence-electron chi connectivity index (χ1n) is 6.77. The van der Waals surface area contributed by atoms with Gasteiger partial charge in [-0.15, -0.1) is 0 Å². The molecule has 3 rings (SSSR count). The van der Waals surface area contributed by atoms with Crippen LogP contribution >= 0.6 is 0 Å². The fourth-order valence-electron chi connectivity index (χ4n) is 2.71. The Bertz CT molecular complexity index is 370. The van der Waals surface area contributed by atoms with E-state index >= 15 is 0 Å². The highest BCUT2D eigenvalue weighted by molar-refractivity contribution is 5.62. The van der Waals surface area contributed by atoms with Gasteiger partial charge in [0.1, 0.15) is 12.2 Å². The second kappa shape index (κ2) is 4.56. The Morgan fingerprint density at radius 1 is 0.850 bits per heavy atom. The Morgan fingerprint density at radius 2 is 1.25 bits per heavy atom. The van der Waals surface area contributed by atoms with Crippen molar-refractivity contribution in [2.24, 2.45) is 0 Å². The number of rotatable bonds is 2.